The molecule has 3 N–H and O–H groups in total. The predicted molar refractivity (Wildman–Crippen MR) is 97.0 cm³/mol. The van der Waals surface area contributed by atoms with Crippen molar-refractivity contribution in [3.63, 3.8) is 0 Å². The molecule has 3 aromatic carbocycles. The van der Waals surface area contributed by atoms with Crippen LogP contribution < -0.4 is 15.8 Å². The van der Waals surface area contributed by atoms with E-state index in [1.807, 2.05) is 42.5 Å². The highest BCUT2D eigenvalue weighted by Crippen LogP contribution is 2.37. The van der Waals surface area contributed by atoms with Crippen LogP contribution in [-0.4, -0.2) is 13.0 Å². The molecule has 4 nitrogen and oxygen atoms in total. The van der Waals surface area contributed by atoms with Gasteiger partial charge in [-0.1, -0.05) is 36.4 Å². The van der Waals surface area contributed by atoms with Crippen LogP contribution in [0.4, 0.5) is 11.4 Å². The molecule has 0 aromatic heterocycles. The Morgan fingerprint density at radius 3 is 2.57 bits per heavy atom. The number of hydrogen-bond acceptors (Lipinski definition) is 3. The highest BCUT2D eigenvalue weighted by atomic mass is 79.9. The molecular weight excluding hydrogens is 356 g/mol. The van der Waals surface area contributed by atoms with E-state index in [-0.39, 0.29) is 5.91 Å². The number of amides is 1. The standard InChI is InChI=1S/C18H15BrN2O2/c1-23-17-13(10-11-6-2-3-7-12(11)16(17)19)18(22)21-15-9-5-4-8-14(15)20/h2-10H,20H2,1H3,(H,21,22). The van der Waals surface area contributed by atoms with E-state index in [1.165, 1.54) is 0 Å². The highest BCUT2D eigenvalue weighted by Gasteiger charge is 2.18. The van der Waals surface area contributed by atoms with Gasteiger partial charge in [0, 0.05) is 0 Å². The SMILES string of the molecule is COc1c(C(=O)Nc2ccccc2N)cc2ccccc2c1Br. The van der Waals surface area contributed by atoms with Crippen LogP contribution in [0.2, 0.25) is 0 Å². The minimum absolute atomic E-state index is 0.272. The predicted octanol–water partition coefficient (Wildman–Crippen LogP) is 4.45. The van der Waals surface area contributed by atoms with E-state index < -0.39 is 0 Å². The summed E-state index contributed by atoms with van der Waals surface area (Å²) in [6.45, 7) is 0. The molecule has 0 radical (unpaired) electrons. The second kappa shape index (κ2) is 6.30. The topological polar surface area (TPSA) is 64.3 Å². The Kier molecular flexibility index (Phi) is 4.21. The van der Waals surface area contributed by atoms with Gasteiger partial charge in [0.25, 0.3) is 5.91 Å². The number of nitrogens with one attached hydrogen (secondary N) is 1. The summed E-state index contributed by atoms with van der Waals surface area (Å²) in [7, 11) is 1.54. The van der Waals surface area contributed by atoms with E-state index in [4.69, 9.17) is 10.5 Å². The van der Waals surface area contributed by atoms with Crippen LogP contribution >= 0.6 is 15.9 Å². The van der Waals surface area contributed by atoms with Gasteiger partial charge in [-0.15, -0.1) is 0 Å². The van der Waals surface area contributed by atoms with E-state index in [1.54, 1.807) is 19.2 Å². The molecule has 3 rings (SSSR count). The van der Waals surface area contributed by atoms with Crippen molar-refractivity contribution in [3.05, 3.63) is 64.6 Å². The lowest BCUT2D eigenvalue weighted by molar-refractivity contribution is 0.102. The van der Waals surface area contributed by atoms with Crippen LogP contribution in [-0.2, 0) is 0 Å². The second-order valence-corrected chi connectivity index (χ2v) is 5.83. The fourth-order valence-electron chi connectivity index (χ4n) is 2.45. The van der Waals surface area contributed by atoms with Gasteiger partial charge in [-0.25, -0.2) is 0 Å². The van der Waals surface area contributed by atoms with E-state index in [0.29, 0.717) is 22.7 Å². The second-order valence-electron chi connectivity index (χ2n) is 5.03. The normalized spacial score (nSPS) is 10.5. The van der Waals surface area contributed by atoms with Crippen molar-refractivity contribution >= 4 is 44.0 Å². The Hall–Kier alpha value is -2.53. The molecule has 3 aromatic rings. The number of methoxy groups -OCH3 is 1. The number of carbonyl (C=O) groups excluding carboxylic acids is 1. The Balaban J connectivity index is 2.08. The zero-order valence-corrected chi connectivity index (χ0v) is 14.1. The lowest BCUT2D eigenvalue weighted by Crippen LogP contribution is -2.14. The van der Waals surface area contributed by atoms with Crippen molar-refractivity contribution < 1.29 is 9.53 Å². The van der Waals surface area contributed by atoms with Gasteiger partial charge in [-0.3, -0.25) is 4.79 Å². The maximum absolute atomic E-state index is 12.7. The van der Waals surface area contributed by atoms with Crippen LogP contribution in [0.3, 0.4) is 0 Å². The molecule has 0 aliphatic heterocycles. The number of rotatable bonds is 3. The van der Waals surface area contributed by atoms with Gasteiger partial charge in [-0.05, 0) is 44.9 Å². The number of nitrogens with two attached hydrogens (primary N) is 1. The van der Waals surface area contributed by atoms with Gasteiger partial charge in [0.1, 0.15) is 5.75 Å². The van der Waals surface area contributed by atoms with Gasteiger partial charge in [0.15, 0.2) is 0 Å². The lowest BCUT2D eigenvalue weighted by atomic mass is 10.0. The van der Waals surface area contributed by atoms with E-state index in [9.17, 15) is 4.79 Å². The first-order chi connectivity index (χ1) is 11.1. The first kappa shape index (κ1) is 15.4. The summed E-state index contributed by atoms with van der Waals surface area (Å²) in [6.07, 6.45) is 0. The van der Waals surface area contributed by atoms with E-state index in [2.05, 4.69) is 21.2 Å². The van der Waals surface area contributed by atoms with Gasteiger partial charge in [0.05, 0.1) is 28.5 Å². The molecule has 0 bridgehead atoms. The molecule has 23 heavy (non-hydrogen) atoms. The minimum Gasteiger partial charge on any atom is -0.495 e. The number of hydrogen-bond donors (Lipinski definition) is 2. The average Bonchev–Trinajstić information content (AvgIpc) is 2.57. The van der Waals surface area contributed by atoms with Crippen LogP contribution in [0.1, 0.15) is 10.4 Å². The van der Waals surface area contributed by atoms with Crippen molar-refractivity contribution in [1.82, 2.24) is 0 Å². The van der Waals surface area contributed by atoms with Gasteiger partial charge in [0.2, 0.25) is 0 Å². The average molecular weight is 371 g/mol. The molecule has 0 heterocycles. The first-order valence-corrected chi connectivity index (χ1v) is 7.82. The molecule has 5 heteroatoms. The number of para-hydroxylation sites is 2. The summed E-state index contributed by atoms with van der Waals surface area (Å²) in [5, 5.41) is 4.76. The molecule has 1 amide bonds. The molecule has 0 saturated heterocycles. The van der Waals surface area contributed by atoms with Crippen molar-refractivity contribution in [3.8, 4) is 5.75 Å². The zero-order valence-electron chi connectivity index (χ0n) is 12.5. The van der Waals surface area contributed by atoms with Gasteiger partial charge in [-0.2, -0.15) is 0 Å². The molecule has 116 valence electrons. The summed E-state index contributed by atoms with van der Waals surface area (Å²) >= 11 is 3.53. The van der Waals surface area contributed by atoms with Crippen molar-refractivity contribution in [2.75, 3.05) is 18.2 Å². The Labute approximate surface area is 142 Å². The van der Waals surface area contributed by atoms with Crippen molar-refractivity contribution in [1.29, 1.82) is 0 Å². The molecule has 0 unspecified atom stereocenters. The van der Waals surface area contributed by atoms with Crippen LogP contribution in [0.15, 0.2) is 59.1 Å². The number of carbonyl (C=O) groups is 1. The fourth-order valence-corrected chi connectivity index (χ4v) is 3.19. The monoisotopic (exact) mass is 370 g/mol. The molecule has 0 saturated carbocycles. The maximum atomic E-state index is 12.7. The van der Waals surface area contributed by atoms with E-state index in [0.717, 1.165) is 15.2 Å². The highest BCUT2D eigenvalue weighted by molar-refractivity contribution is 9.10. The minimum atomic E-state index is -0.272. The maximum Gasteiger partial charge on any atom is 0.259 e. The van der Waals surface area contributed by atoms with Crippen LogP contribution in [0, 0.1) is 0 Å². The molecular formula is C18H15BrN2O2. The number of anilines is 2. The van der Waals surface area contributed by atoms with E-state index >= 15 is 0 Å². The zero-order chi connectivity index (χ0) is 16.4. The van der Waals surface area contributed by atoms with Crippen LogP contribution in [0.25, 0.3) is 10.8 Å². The summed E-state index contributed by atoms with van der Waals surface area (Å²) in [5.74, 6) is 0.224. The fraction of sp³-hybridized carbons (Fsp3) is 0.0556. The third-order valence-electron chi connectivity index (χ3n) is 3.60. The Bertz CT molecular complexity index is 893. The lowest BCUT2D eigenvalue weighted by Gasteiger charge is -2.14. The van der Waals surface area contributed by atoms with Crippen molar-refractivity contribution in [2.24, 2.45) is 0 Å². The Morgan fingerprint density at radius 2 is 1.83 bits per heavy atom. The summed E-state index contributed by atoms with van der Waals surface area (Å²) in [4.78, 5) is 12.7. The number of nitrogen functional groups attached to an aromatic ring is 1. The summed E-state index contributed by atoms with van der Waals surface area (Å²) in [5.41, 5.74) is 7.41. The molecule has 0 spiro atoms. The summed E-state index contributed by atoms with van der Waals surface area (Å²) < 4.78 is 6.19. The first-order valence-electron chi connectivity index (χ1n) is 7.03. The summed E-state index contributed by atoms with van der Waals surface area (Å²) in [6, 6.07) is 16.7. The quantitative estimate of drug-likeness (QED) is 0.669. The van der Waals surface area contributed by atoms with Gasteiger partial charge < -0.3 is 15.8 Å². The number of benzene rings is 3. The third kappa shape index (κ3) is 2.87. The van der Waals surface area contributed by atoms with Gasteiger partial charge >= 0.3 is 0 Å². The number of halogens is 1. The van der Waals surface area contributed by atoms with Crippen LogP contribution in [0.5, 0.6) is 5.75 Å². The molecule has 0 aliphatic rings. The third-order valence-corrected chi connectivity index (χ3v) is 4.39. The molecule has 0 atom stereocenters. The van der Waals surface area contributed by atoms with Crippen molar-refractivity contribution in [2.45, 2.75) is 0 Å². The Morgan fingerprint density at radius 1 is 1.13 bits per heavy atom. The number of ether oxygens (including phenoxy) is 1. The largest absolute Gasteiger partial charge is 0.495 e. The number of fused-ring (bicyclic) bond motifs is 1. The molecule has 0 aliphatic carbocycles. The smallest absolute Gasteiger partial charge is 0.259 e. The molecule has 0 fully saturated rings.